The molecule has 2 aromatic heterocycles. The van der Waals surface area contributed by atoms with Crippen molar-refractivity contribution in [2.45, 2.75) is 6.92 Å². The molecule has 3 heterocycles. The predicted molar refractivity (Wildman–Crippen MR) is 84.3 cm³/mol. The number of hydrogen-bond acceptors (Lipinski definition) is 9. The van der Waals surface area contributed by atoms with Gasteiger partial charge in [-0.1, -0.05) is 0 Å². The molecule has 0 radical (unpaired) electrons. The molecule has 1 aliphatic heterocycles. The van der Waals surface area contributed by atoms with Crippen LogP contribution in [0.15, 0.2) is 18.5 Å². The molecule has 1 saturated heterocycles. The first-order chi connectivity index (χ1) is 11.0. The third-order valence-electron chi connectivity index (χ3n) is 3.63. The van der Waals surface area contributed by atoms with Gasteiger partial charge in [0.2, 0.25) is 11.8 Å². The van der Waals surface area contributed by atoms with Crippen LogP contribution in [0.25, 0.3) is 0 Å². The van der Waals surface area contributed by atoms with Gasteiger partial charge in [0.1, 0.15) is 17.8 Å². The van der Waals surface area contributed by atoms with Gasteiger partial charge in [-0.25, -0.2) is 15.0 Å². The summed E-state index contributed by atoms with van der Waals surface area (Å²) in [5, 5.41) is 10.7. The Hall–Kier alpha value is -3.04. The molecule has 23 heavy (non-hydrogen) atoms. The Kier molecular flexibility index (Phi) is 3.87. The zero-order valence-corrected chi connectivity index (χ0v) is 12.6. The Morgan fingerprint density at radius 3 is 2.48 bits per heavy atom. The molecule has 0 bridgehead atoms. The summed E-state index contributed by atoms with van der Waals surface area (Å²) in [6.07, 6.45) is 2.89. The largest absolute Gasteiger partial charge is 0.378 e. The zero-order valence-electron chi connectivity index (χ0n) is 12.6. The van der Waals surface area contributed by atoms with Gasteiger partial charge in [-0.15, -0.1) is 0 Å². The van der Waals surface area contributed by atoms with E-state index in [1.54, 1.807) is 6.20 Å². The lowest BCUT2D eigenvalue weighted by atomic mass is 10.3. The Labute approximate surface area is 132 Å². The van der Waals surface area contributed by atoms with Crippen LogP contribution >= 0.6 is 0 Å². The summed E-state index contributed by atoms with van der Waals surface area (Å²) in [5.74, 6) is 1.91. The van der Waals surface area contributed by atoms with E-state index in [4.69, 9.17) is 5.73 Å². The first-order valence-corrected chi connectivity index (χ1v) is 7.11. The lowest BCUT2D eigenvalue weighted by molar-refractivity contribution is -0.384. The lowest BCUT2D eigenvalue weighted by Gasteiger charge is -2.35. The van der Waals surface area contributed by atoms with Crippen molar-refractivity contribution in [3.05, 3.63) is 34.4 Å². The van der Waals surface area contributed by atoms with Gasteiger partial charge in [-0.2, -0.15) is 4.98 Å². The van der Waals surface area contributed by atoms with E-state index in [-0.39, 0.29) is 11.5 Å². The average molecular weight is 316 g/mol. The molecule has 0 aromatic carbocycles. The molecule has 10 nitrogen and oxygen atoms in total. The predicted octanol–water partition coefficient (Wildman–Crippen LogP) is 0.392. The average Bonchev–Trinajstić information content (AvgIpc) is 2.54. The van der Waals surface area contributed by atoms with Gasteiger partial charge >= 0.3 is 5.69 Å². The Morgan fingerprint density at radius 2 is 1.87 bits per heavy atom. The fourth-order valence-corrected chi connectivity index (χ4v) is 2.43. The van der Waals surface area contributed by atoms with Crippen molar-refractivity contribution in [2.75, 3.05) is 41.7 Å². The van der Waals surface area contributed by atoms with Crippen molar-refractivity contribution in [1.29, 1.82) is 0 Å². The molecule has 0 spiro atoms. The van der Waals surface area contributed by atoms with Gasteiger partial charge in [0, 0.05) is 32.4 Å². The number of nitrogen functional groups attached to an aromatic ring is 1. The third kappa shape index (κ3) is 3.10. The van der Waals surface area contributed by atoms with Crippen molar-refractivity contribution >= 4 is 23.3 Å². The van der Waals surface area contributed by atoms with E-state index in [2.05, 4.69) is 24.8 Å². The van der Waals surface area contributed by atoms with Crippen LogP contribution in [0.3, 0.4) is 0 Å². The highest BCUT2D eigenvalue weighted by Gasteiger charge is 2.22. The molecule has 0 amide bonds. The number of nitrogens with zero attached hydrogens (tertiary/aromatic N) is 7. The molecule has 1 aliphatic rings. The topological polar surface area (TPSA) is 127 Å². The zero-order chi connectivity index (χ0) is 16.4. The van der Waals surface area contributed by atoms with E-state index < -0.39 is 4.92 Å². The Morgan fingerprint density at radius 1 is 1.17 bits per heavy atom. The van der Waals surface area contributed by atoms with E-state index in [1.165, 1.54) is 0 Å². The summed E-state index contributed by atoms with van der Waals surface area (Å²) in [4.78, 5) is 30.8. The highest BCUT2D eigenvalue weighted by Crippen LogP contribution is 2.21. The van der Waals surface area contributed by atoms with Gasteiger partial charge in [0.05, 0.1) is 4.92 Å². The Bertz CT molecular complexity index is 730. The monoisotopic (exact) mass is 316 g/mol. The van der Waals surface area contributed by atoms with Crippen LogP contribution in [0.1, 0.15) is 5.82 Å². The smallest absolute Gasteiger partial charge is 0.329 e. The maximum absolute atomic E-state index is 10.7. The number of hydrogen-bond donors (Lipinski definition) is 1. The minimum Gasteiger partial charge on any atom is -0.378 e. The highest BCUT2D eigenvalue weighted by atomic mass is 16.6. The summed E-state index contributed by atoms with van der Waals surface area (Å²) in [6, 6.07) is 1.88. The second-order valence-electron chi connectivity index (χ2n) is 5.13. The van der Waals surface area contributed by atoms with E-state index in [1.807, 2.05) is 17.9 Å². The van der Waals surface area contributed by atoms with E-state index >= 15 is 0 Å². The number of nitro groups is 1. The molecule has 120 valence electrons. The fourth-order valence-electron chi connectivity index (χ4n) is 2.43. The summed E-state index contributed by atoms with van der Waals surface area (Å²) in [7, 11) is 0. The molecular weight excluding hydrogens is 300 g/mol. The van der Waals surface area contributed by atoms with Crippen molar-refractivity contribution in [1.82, 2.24) is 19.9 Å². The quantitative estimate of drug-likeness (QED) is 0.631. The molecule has 3 rings (SSSR count). The van der Waals surface area contributed by atoms with Crippen LogP contribution in [-0.2, 0) is 0 Å². The third-order valence-corrected chi connectivity index (χ3v) is 3.63. The summed E-state index contributed by atoms with van der Waals surface area (Å²) >= 11 is 0. The SMILES string of the molecule is Cc1nccc(N2CCN(c3ncc([N+](=O)[O-])c(N)n3)CC2)n1. The molecule has 2 N–H and O–H groups in total. The summed E-state index contributed by atoms with van der Waals surface area (Å²) in [6.45, 7) is 4.71. The van der Waals surface area contributed by atoms with Crippen LogP contribution in [0.2, 0.25) is 0 Å². The molecule has 0 unspecified atom stereocenters. The number of piperazine rings is 1. The standard InChI is InChI=1S/C13H16N8O2/c1-9-15-3-2-11(17-9)19-4-6-20(7-5-19)13-16-8-10(21(22)23)12(14)18-13/h2-3,8H,4-7H2,1H3,(H2,14,16,18). The number of anilines is 3. The van der Waals surface area contributed by atoms with Gasteiger partial charge in [-0.3, -0.25) is 10.1 Å². The van der Waals surface area contributed by atoms with Crippen LogP contribution in [0.4, 0.5) is 23.3 Å². The van der Waals surface area contributed by atoms with Crippen LogP contribution in [0, 0.1) is 17.0 Å². The summed E-state index contributed by atoms with van der Waals surface area (Å²) < 4.78 is 0. The van der Waals surface area contributed by atoms with Crippen molar-refractivity contribution < 1.29 is 4.92 Å². The van der Waals surface area contributed by atoms with Gasteiger partial charge in [0.15, 0.2) is 0 Å². The Balaban J connectivity index is 1.69. The molecule has 0 saturated carbocycles. The van der Waals surface area contributed by atoms with Gasteiger partial charge in [0.25, 0.3) is 0 Å². The van der Waals surface area contributed by atoms with Gasteiger partial charge < -0.3 is 15.5 Å². The van der Waals surface area contributed by atoms with Crippen LogP contribution < -0.4 is 15.5 Å². The number of rotatable bonds is 3. The molecule has 1 fully saturated rings. The number of nitrogens with two attached hydrogens (primary N) is 1. The first-order valence-electron chi connectivity index (χ1n) is 7.11. The fraction of sp³-hybridized carbons (Fsp3) is 0.385. The minimum atomic E-state index is -0.589. The number of aryl methyl sites for hydroxylation is 1. The maximum atomic E-state index is 10.7. The second-order valence-corrected chi connectivity index (χ2v) is 5.13. The molecule has 0 atom stereocenters. The number of aromatic nitrogens is 4. The molecule has 2 aromatic rings. The van der Waals surface area contributed by atoms with E-state index in [0.717, 1.165) is 30.9 Å². The highest BCUT2D eigenvalue weighted by molar-refractivity contribution is 5.54. The summed E-state index contributed by atoms with van der Waals surface area (Å²) in [5.41, 5.74) is 5.34. The second kappa shape index (κ2) is 5.99. The van der Waals surface area contributed by atoms with Crippen LogP contribution in [-0.4, -0.2) is 51.0 Å². The van der Waals surface area contributed by atoms with Crippen molar-refractivity contribution in [2.24, 2.45) is 0 Å². The first kappa shape index (κ1) is 14.9. The van der Waals surface area contributed by atoms with E-state index in [0.29, 0.717) is 19.0 Å². The van der Waals surface area contributed by atoms with Gasteiger partial charge in [-0.05, 0) is 13.0 Å². The maximum Gasteiger partial charge on any atom is 0.329 e. The normalized spacial score (nSPS) is 14.8. The lowest BCUT2D eigenvalue weighted by Crippen LogP contribution is -2.47. The van der Waals surface area contributed by atoms with E-state index in [9.17, 15) is 10.1 Å². The molecular formula is C13H16N8O2. The van der Waals surface area contributed by atoms with Crippen molar-refractivity contribution in [3.8, 4) is 0 Å². The molecule has 10 heteroatoms. The minimum absolute atomic E-state index is 0.117. The molecule has 0 aliphatic carbocycles. The van der Waals surface area contributed by atoms with Crippen molar-refractivity contribution in [3.63, 3.8) is 0 Å². The van der Waals surface area contributed by atoms with Crippen LogP contribution in [0.5, 0.6) is 0 Å².